The quantitative estimate of drug-likeness (QED) is 0.801. The number of nitrogens with zero attached hydrogens (tertiary/aromatic N) is 1. The first-order valence-corrected chi connectivity index (χ1v) is 5.57. The predicted molar refractivity (Wildman–Crippen MR) is 60.5 cm³/mol. The van der Waals surface area contributed by atoms with Crippen molar-refractivity contribution in [2.24, 2.45) is 11.1 Å². The molecule has 0 aliphatic heterocycles. The number of nitrogens with two attached hydrogens (primary N) is 1. The lowest BCUT2D eigenvalue weighted by Crippen LogP contribution is -2.31. The second-order valence-electron chi connectivity index (χ2n) is 4.89. The van der Waals surface area contributed by atoms with E-state index in [1.54, 1.807) is 0 Å². The third-order valence-corrected chi connectivity index (χ3v) is 3.22. The van der Waals surface area contributed by atoms with Crippen molar-refractivity contribution in [3.05, 3.63) is 23.7 Å². The molecule has 1 aliphatic rings. The highest BCUT2D eigenvalue weighted by molar-refractivity contribution is 5.05. The highest BCUT2D eigenvalue weighted by Gasteiger charge is 2.41. The molecule has 1 heterocycles. The molecule has 84 valence electrons. The van der Waals surface area contributed by atoms with Gasteiger partial charge in [-0.2, -0.15) is 0 Å². The normalized spacial score (nSPS) is 18.4. The number of rotatable bonds is 5. The minimum atomic E-state index is 0.413. The van der Waals surface area contributed by atoms with Crippen molar-refractivity contribution in [3.63, 3.8) is 0 Å². The third kappa shape index (κ3) is 2.61. The van der Waals surface area contributed by atoms with Gasteiger partial charge in [0.15, 0.2) is 0 Å². The maximum atomic E-state index is 5.76. The van der Waals surface area contributed by atoms with E-state index in [-0.39, 0.29) is 0 Å². The van der Waals surface area contributed by atoms with Crippen molar-refractivity contribution >= 4 is 0 Å². The Labute approximate surface area is 91.2 Å². The smallest absolute Gasteiger partial charge is 0.118 e. The molecule has 0 spiro atoms. The first-order valence-electron chi connectivity index (χ1n) is 5.57. The van der Waals surface area contributed by atoms with Crippen LogP contribution in [0.3, 0.4) is 0 Å². The summed E-state index contributed by atoms with van der Waals surface area (Å²) in [4.78, 5) is 2.30. The van der Waals surface area contributed by atoms with E-state index in [0.29, 0.717) is 5.41 Å². The molecule has 3 nitrogen and oxygen atoms in total. The van der Waals surface area contributed by atoms with E-state index in [2.05, 4.69) is 11.9 Å². The van der Waals surface area contributed by atoms with Crippen LogP contribution in [0, 0.1) is 12.3 Å². The average Bonchev–Trinajstić information content (AvgIpc) is 2.84. The van der Waals surface area contributed by atoms with Gasteiger partial charge >= 0.3 is 0 Å². The van der Waals surface area contributed by atoms with Gasteiger partial charge in [0, 0.05) is 6.54 Å². The molecule has 1 fully saturated rings. The van der Waals surface area contributed by atoms with Crippen molar-refractivity contribution in [1.82, 2.24) is 4.90 Å². The fraction of sp³-hybridized carbons (Fsp3) is 0.667. The topological polar surface area (TPSA) is 42.4 Å². The van der Waals surface area contributed by atoms with E-state index in [4.69, 9.17) is 10.2 Å². The van der Waals surface area contributed by atoms with Gasteiger partial charge in [-0.25, -0.2) is 0 Å². The lowest BCUT2D eigenvalue weighted by molar-refractivity contribution is 0.240. The summed E-state index contributed by atoms with van der Waals surface area (Å²) < 4.78 is 5.55. The lowest BCUT2D eigenvalue weighted by Gasteiger charge is -2.21. The van der Waals surface area contributed by atoms with Gasteiger partial charge in [-0.1, -0.05) is 0 Å². The van der Waals surface area contributed by atoms with Crippen LogP contribution in [0.4, 0.5) is 0 Å². The van der Waals surface area contributed by atoms with Crippen LogP contribution < -0.4 is 5.73 Å². The van der Waals surface area contributed by atoms with Gasteiger partial charge in [-0.15, -0.1) is 0 Å². The van der Waals surface area contributed by atoms with Crippen molar-refractivity contribution in [2.75, 3.05) is 20.1 Å². The van der Waals surface area contributed by atoms with Crippen LogP contribution in [0.2, 0.25) is 0 Å². The molecule has 1 aliphatic carbocycles. The van der Waals surface area contributed by atoms with Gasteiger partial charge in [0.25, 0.3) is 0 Å². The Balaban J connectivity index is 1.84. The SMILES string of the molecule is Cc1ccc(CN(C)CC2(CN)CC2)o1. The summed E-state index contributed by atoms with van der Waals surface area (Å²) in [6.45, 7) is 4.76. The third-order valence-electron chi connectivity index (χ3n) is 3.22. The summed E-state index contributed by atoms with van der Waals surface area (Å²) in [5.41, 5.74) is 6.18. The van der Waals surface area contributed by atoms with E-state index in [1.807, 2.05) is 19.1 Å². The predicted octanol–water partition coefficient (Wildman–Crippen LogP) is 1.76. The molecule has 0 aromatic carbocycles. The standard InChI is InChI=1S/C12H20N2O/c1-10-3-4-11(15-10)7-14(2)9-12(8-13)5-6-12/h3-4H,5-9,13H2,1-2H3. The van der Waals surface area contributed by atoms with Crippen molar-refractivity contribution in [1.29, 1.82) is 0 Å². The number of hydrogen-bond acceptors (Lipinski definition) is 3. The largest absolute Gasteiger partial charge is 0.465 e. The van der Waals surface area contributed by atoms with E-state index < -0.39 is 0 Å². The highest BCUT2D eigenvalue weighted by atomic mass is 16.3. The fourth-order valence-corrected chi connectivity index (χ4v) is 2.07. The van der Waals surface area contributed by atoms with E-state index in [0.717, 1.165) is 31.2 Å². The van der Waals surface area contributed by atoms with Gasteiger partial charge in [0.2, 0.25) is 0 Å². The van der Waals surface area contributed by atoms with Gasteiger partial charge in [-0.05, 0) is 50.9 Å². The molecule has 3 heteroatoms. The Morgan fingerprint density at radius 1 is 1.47 bits per heavy atom. The molecule has 0 atom stereocenters. The van der Waals surface area contributed by atoms with Crippen molar-refractivity contribution in [2.45, 2.75) is 26.3 Å². The van der Waals surface area contributed by atoms with Gasteiger partial charge in [-0.3, -0.25) is 4.90 Å². The summed E-state index contributed by atoms with van der Waals surface area (Å²) >= 11 is 0. The molecular formula is C12H20N2O. The molecule has 15 heavy (non-hydrogen) atoms. The summed E-state index contributed by atoms with van der Waals surface area (Å²) in [6.07, 6.45) is 2.57. The van der Waals surface area contributed by atoms with E-state index in [1.165, 1.54) is 12.8 Å². The monoisotopic (exact) mass is 208 g/mol. The molecule has 0 amide bonds. The molecule has 1 saturated carbocycles. The number of hydrogen-bond donors (Lipinski definition) is 1. The molecule has 0 saturated heterocycles. The first-order chi connectivity index (χ1) is 7.13. The fourth-order valence-electron chi connectivity index (χ4n) is 2.07. The van der Waals surface area contributed by atoms with Crippen LogP contribution in [0.5, 0.6) is 0 Å². The van der Waals surface area contributed by atoms with Crippen LogP contribution in [0.1, 0.15) is 24.4 Å². The highest BCUT2D eigenvalue weighted by Crippen LogP contribution is 2.45. The van der Waals surface area contributed by atoms with Crippen LogP contribution >= 0.6 is 0 Å². The van der Waals surface area contributed by atoms with Crippen molar-refractivity contribution in [3.8, 4) is 0 Å². The van der Waals surface area contributed by atoms with Crippen LogP contribution in [-0.2, 0) is 6.54 Å². The average molecular weight is 208 g/mol. The van der Waals surface area contributed by atoms with Crippen molar-refractivity contribution < 1.29 is 4.42 Å². The molecular weight excluding hydrogens is 188 g/mol. The van der Waals surface area contributed by atoms with Crippen LogP contribution in [0.25, 0.3) is 0 Å². The molecule has 0 radical (unpaired) electrons. The number of aryl methyl sites for hydroxylation is 1. The minimum absolute atomic E-state index is 0.413. The van der Waals surface area contributed by atoms with Gasteiger partial charge < -0.3 is 10.2 Å². The summed E-state index contributed by atoms with van der Waals surface area (Å²) in [5.74, 6) is 2.03. The zero-order valence-electron chi connectivity index (χ0n) is 9.62. The summed E-state index contributed by atoms with van der Waals surface area (Å²) in [6, 6.07) is 4.06. The van der Waals surface area contributed by atoms with Gasteiger partial charge in [0.1, 0.15) is 11.5 Å². The van der Waals surface area contributed by atoms with Crippen LogP contribution in [0.15, 0.2) is 16.5 Å². The Morgan fingerprint density at radius 3 is 2.67 bits per heavy atom. The summed E-state index contributed by atoms with van der Waals surface area (Å²) in [5, 5.41) is 0. The Kier molecular flexibility index (Phi) is 2.85. The first kappa shape index (κ1) is 10.7. The van der Waals surface area contributed by atoms with Gasteiger partial charge in [0.05, 0.1) is 6.54 Å². The lowest BCUT2D eigenvalue weighted by atomic mass is 10.1. The molecule has 1 aromatic rings. The Morgan fingerprint density at radius 2 is 2.20 bits per heavy atom. The van der Waals surface area contributed by atoms with E-state index >= 15 is 0 Å². The Hall–Kier alpha value is -0.800. The van der Waals surface area contributed by atoms with E-state index in [9.17, 15) is 0 Å². The minimum Gasteiger partial charge on any atom is -0.465 e. The zero-order chi connectivity index (χ0) is 10.9. The molecule has 2 N–H and O–H groups in total. The second kappa shape index (κ2) is 3.99. The maximum Gasteiger partial charge on any atom is 0.118 e. The van der Waals surface area contributed by atoms with Crippen LogP contribution in [-0.4, -0.2) is 25.0 Å². The Bertz CT molecular complexity index is 328. The zero-order valence-corrected chi connectivity index (χ0v) is 9.62. The molecule has 1 aromatic heterocycles. The summed E-state index contributed by atoms with van der Waals surface area (Å²) in [7, 11) is 2.13. The maximum absolute atomic E-state index is 5.76. The second-order valence-corrected chi connectivity index (χ2v) is 4.89. The molecule has 0 unspecified atom stereocenters. The number of furan rings is 1. The molecule has 0 bridgehead atoms. The molecule has 2 rings (SSSR count).